The number of aryl methyl sites for hydroxylation is 1. The maximum Gasteiger partial charge on any atom is 0.228 e. The van der Waals surface area contributed by atoms with E-state index in [1.54, 1.807) is 6.08 Å². The molecule has 3 nitrogen and oxygen atoms in total. The first kappa shape index (κ1) is 17.2. The highest BCUT2D eigenvalue weighted by Gasteiger charge is 2.21. The lowest BCUT2D eigenvalue weighted by molar-refractivity contribution is -0.129. The van der Waals surface area contributed by atoms with E-state index in [9.17, 15) is 4.79 Å². The second-order valence-corrected chi connectivity index (χ2v) is 5.86. The summed E-state index contributed by atoms with van der Waals surface area (Å²) >= 11 is 0. The minimum Gasteiger partial charge on any atom is -0.319 e. The van der Waals surface area contributed by atoms with Gasteiger partial charge in [-0.3, -0.25) is 4.79 Å². The van der Waals surface area contributed by atoms with E-state index in [0.717, 1.165) is 18.5 Å². The molecule has 0 fully saturated rings. The first-order valence-electron chi connectivity index (χ1n) is 8.18. The summed E-state index contributed by atoms with van der Waals surface area (Å²) in [5.74, 6) is 0.152. The molecule has 3 heteroatoms. The van der Waals surface area contributed by atoms with E-state index in [2.05, 4.69) is 37.0 Å². The molecule has 0 saturated heterocycles. The smallest absolute Gasteiger partial charge is 0.228 e. The van der Waals surface area contributed by atoms with E-state index in [1.165, 1.54) is 16.7 Å². The number of benzene rings is 1. The van der Waals surface area contributed by atoms with E-state index in [-0.39, 0.29) is 5.91 Å². The lowest BCUT2D eigenvalue weighted by Gasteiger charge is -2.29. The summed E-state index contributed by atoms with van der Waals surface area (Å²) in [6, 6.07) is 8.42. The molecule has 2 rings (SSSR count). The molecule has 122 valence electrons. The van der Waals surface area contributed by atoms with Crippen LogP contribution in [0.5, 0.6) is 0 Å². The van der Waals surface area contributed by atoms with Crippen LogP contribution in [-0.2, 0) is 17.8 Å². The highest BCUT2D eigenvalue weighted by Crippen LogP contribution is 2.26. The summed E-state index contributed by atoms with van der Waals surface area (Å²) in [4.78, 5) is 14.7. The molecular weight excluding hydrogens is 284 g/mol. The lowest BCUT2D eigenvalue weighted by atomic mass is 9.95. The van der Waals surface area contributed by atoms with Crippen molar-refractivity contribution in [1.82, 2.24) is 10.2 Å². The van der Waals surface area contributed by atoms with Gasteiger partial charge in [0.2, 0.25) is 5.91 Å². The molecule has 1 amide bonds. The minimum atomic E-state index is 0.152. The van der Waals surface area contributed by atoms with Gasteiger partial charge in [0.05, 0.1) is 6.54 Å². The molecule has 1 aliphatic heterocycles. The molecule has 1 aromatic carbocycles. The third-order valence-corrected chi connectivity index (χ3v) is 4.22. The third-order valence-electron chi connectivity index (χ3n) is 4.22. The zero-order chi connectivity index (χ0) is 16.7. The predicted octanol–water partition coefficient (Wildman–Crippen LogP) is 3.59. The van der Waals surface area contributed by atoms with Gasteiger partial charge in [0.1, 0.15) is 0 Å². The van der Waals surface area contributed by atoms with Gasteiger partial charge in [-0.25, -0.2) is 0 Å². The molecule has 23 heavy (non-hydrogen) atoms. The summed E-state index contributed by atoms with van der Waals surface area (Å²) in [6.45, 7) is 7.19. The molecule has 0 bridgehead atoms. The van der Waals surface area contributed by atoms with Crippen LogP contribution in [0.25, 0.3) is 0 Å². The fraction of sp³-hybridized carbons (Fsp3) is 0.350. The SMILES string of the molecule is C=C/C=C\C1=C(/C)CCc2ccccc2CN1C(=O)CCNC. The number of hydrogen-bond acceptors (Lipinski definition) is 2. The van der Waals surface area contributed by atoms with Crippen molar-refractivity contribution in [3.63, 3.8) is 0 Å². The average molecular weight is 310 g/mol. The average Bonchev–Trinajstić information content (AvgIpc) is 2.56. The van der Waals surface area contributed by atoms with Crippen LogP contribution in [0.4, 0.5) is 0 Å². The van der Waals surface area contributed by atoms with Gasteiger partial charge in [-0.15, -0.1) is 0 Å². The Balaban J connectivity index is 2.40. The Morgan fingerprint density at radius 2 is 2.04 bits per heavy atom. The summed E-state index contributed by atoms with van der Waals surface area (Å²) in [5.41, 5.74) is 4.84. The monoisotopic (exact) mass is 310 g/mol. The molecule has 1 N–H and O–H groups in total. The Hall–Kier alpha value is -2.13. The summed E-state index contributed by atoms with van der Waals surface area (Å²) in [5, 5.41) is 3.06. The summed E-state index contributed by atoms with van der Waals surface area (Å²) in [7, 11) is 1.87. The number of nitrogens with one attached hydrogen (secondary N) is 1. The van der Waals surface area contributed by atoms with Crippen LogP contribution >= 0.6 is 0 Å². The number of amides is 1. The summed E-state index contributed by atoms with van der Waals surface area (Å²) in [6.07, 6.45) is 8.15. The minimum absolute atomic E-state index is 0.152. The van der Waals surface area contributed by atoms with E-state index < -0.39 is 0 Å². The molecule has 0 saturated carbocycles. The number of fused-ring (bicyclic) bond motifs is 1. The predicted molar refractivity (Wildman–Crippen MR) is 95.9 cm³/mol. The highest BCUT2D eigenvalue weighted by molar-refractivity contribution is 5.79. The number of nitrogens with zero attached hydrogens (tertiary/aromatic N) is 1. The van der Waals surface area contributed by atoms with Gasteiger partial charge in [0, 0.05) is 18.7 Å². The van der Waals surface area contributed by atoms with Crippen molar-refractivity contribution in [2.45, 2.75) is 32.7 Å². The van der Waals surface area contributed by atoms with Crippen molar-refractivity contribution in [3.8, 4) is 0 Å². The van der Waals surface area contributed by atoms with Crippen LogP contribution in [-0.4, -0.2) is 24.4 Å². The van der Waals surface area contributed by atoms with Crippen molar-refractivity contribution < 1.29 is 4.79 Å². The topological polar surface area (TPSA) is 32.3 Å². The van der Waals surface area contributed by atoms with Crippen molar-refractivity contribution in [1.29, 1.82) is 0 Å². The van der Waals surface area contributed by atoms with Crippen LogP contribution in [0.15, 0.2) is 60.3 Å². The molecule has 0 spiro atoms. The lowest BCUT2D eigenvalue weighted by Crippen LogP contribution is -2.33. The van der Waals surface area contributed by atoms with Gasteiger partial charge in [0.25, 0.3) is 0 Å². The Morgan fingerprint density at radius 3 is 2.74 bits per heavy atom. The molecule has 1 aliphatic rings. The Labute approximate surface area is 139 Å². The van der Waals surface area contributed by atoms with E-state index in [4.69, 9.17) is 0 Å². The standard InChI is InChI=1S/C20H26N2O/c1-4-5-10-19-16(2)11-12-17-8-6-7-9-18(17)15-22(19)20(23)13-14-21-3/h4-10,21H,1,11-15H2,2-3H3/b10-5-,19-16-. The zero-order valence-corrected chi connectivity index (χ0v) is 14.1. The van der Waals surface area contributed by atoms with Crippen LogP contribution < -0.4 is 5.32 Å². The van der Waals surface area contributed by atoms with Gasteiger partial charge in [-0.2, -0.15) is 0 Å². The third kappa shape index (κ3) is 4.42. The van der Waals surface area contributed by atoms with Crippen molar-refractivity contribution in [2.24, 2.45) is 0 Å². The highest BCUT2D eigenvalue weighted by atomic mass is 16.2. The Bertz CT molecular complexity index is 628. The van der Waals surface area contributed by atoms with Crippen LogP contribution in [0.1, 0.15) is 30.9 Å². The molecule has 1 heterocycles. The normalized spacial score (nSPS) is 18.4. The van der Waals surface area contributed by atoms with Crippen molar-refractivity contribution >= 4 is 5.91 Å². The second-order valence-electron chi connectivity index (χ2n) is 5.86. The Morgan fingerprint density at radius 1 is 1.30 bits per heavy atom. The van der Waals surface area contributed by atoms with Gasteiger partial charge < -0.3 is 10.2 Å². The number of hydrogen-bond donors (Lipinski definition) is 1. The van der Waals surface area contributed by atoms with Gasteiger partial charge in [0.15, 0.2) is 0 Å². The van der Waals surface area contributed by atoms with Crippen LogP contribution in [0.3, 0.4) is 0 Å². The maximum absolute atomic E-state index is 12.7. The van der Waals surface area contributed by atoms with Gasteiger partial charge >= 0.3 is 0 Å². The van der Waals surface area contributed by atoms with E-state index >= 15 is 0 Å². The number of rotatable bonds is 5. The first-order valence-corrected chi connectivity index (χ1v) is 8.18. The van der Waals surface area contributed by atoms with Crippen LogP contribution in [0, 0.1) is 0 Å². The fourth-order valence-corrected chi connectivity index (χ4v) is 2.87. The summed E-state index contributed by atoms with van der Waals surface area (Å²) < 4.78 is 0. The van der Waals surface area contributed by atoms with Gasteiger partial charge in [-0.1, -0.05) is 43.0 Å². The molecule has 0 unspecified atom stereocenters. The van der Waals surface area contributed by atoms with E-state index in [0.29, 0.717) is 19.5 Å². The largest absolute Gasteiger partial charge is 0.319 e. The molecule has 1 aromatic rings. The molecule has 0 atom stereocenters. The molecule has 0 radical (unpaired) electrons. The van der Waals surface area contributed by atoms with Gasteiger partial charge in [-0.05, 0) is 49.6 Å². The molecule has 0 aromatic heterocycles. The fourth-order valence-electron chi connectivity index (χ4n) is 2.87. The molecular formula is C20H26N2O. The number of carbonyl (C=O) groups is 1. The van der Waals surface area contributed by atoms with Crippen molar-refractivity contribution in [3.05, 3.63) is 71.5 Å². The number of allylic oxidation sites excluding steroid dienone is 4. The van der Waals surface area contributed by atoms with Crippen LogP contribution in [0.2, 0.25) is 0 Å². The number of carbonyl (C=O) groups excluding carboxylic acids is 1. The Kier molecular flexibility index (Phi) is 6.36. The zero-order valence-electron chi connectivity index (χ0n) is 14.1. The maximum atomic E-state index is 12.7. The van der Waals surface area contributed by atoms with Crippen molar-refractivity contribution in [2.75, 3.05) is 13.6 Å². The second kappa shape index (κ2) is 8.49. The quantitative estimate of drug-likeness (QED) is 0.843. The molecule has 0 aliphatic carbocycles. The van der Waals surface area contributed by atoms with E-state index in [1.807, 2.05) is 30.2 Å². The first-order chi connectivity index (χ1) is 11.2.